The largest absolute Gasteiger partial charge is 0.490 e. The zero-order valence-electron chi connectivity index (χ0n) is 16.0. The Morgan fingerprint density at radius 2 is 2.00 bits per heavy atom. The molecule has 0 saturated heterocycles. The number of para-hydroxylation sites is 1. The van der Waals surface area contributed by atoms with Crippen LogP contribution >= 0.6 is 11.3 Å². The summed E-state index contributed by atoms with van der Waals surface area (Å²) in [5.41, 5.74) is 1.42. The third-order valence-electron chi connectivity index (χ3n) is 4.40. The van der Waals surface area contributed by atoms with E-state index in [0.717, 1.165) is 21.5 Å². The number of ether oxygens (including phenoxy) is 2. The van der Waals surface area contributed by atoms with Gasteiger partial charge >= 0.3 is 0 Å². The molecule has 0 aliphatic rings. The molecule has 0 N–H and O–H groups in total. The van der Waals surface area contributed by atoms with Gasteiger partial charge in [-0.1, -0.05) is 12.1 Å². The monoisotopic (exact) mass is 398 g/mol. The van der Waals surface area contributed by atoms with Crippen LogP contribution in [0.25, 0.3) is 10.2 Å². The number of carbonyl (C=O) groups is 2. The molecule has 0 fully saturated rings. The molecule has 1 heterocycles. The highest BCUT2D eigenvalue weighted by Gasteiger charge is 2.21. The summed E-state index contributed by atoms with van der Waals surface area (Å²) in [5, 5.41) is 0.877. The molecular weight excluding hydrogens is 376 g/mol. The van der Waals surface area contributed by atoms with Crippen LogP contribution in [0.5, 0.6) is 11.5 Å². The van der Waals surface area contributed by atoms with Crippen LogP contribution in [0, 0.1) is 0 Å². The Hall–Kier alpha value is -2.93. The van der Waals surface area contributed by atoms with Gasteiger partial charge in [0.25, 0.3) is 5.91 Å². The van der Waals surface area contributed by atoms with Crippen LogP contribution in [-0.2, 0) is 4.79 Å². The van der Waals surface area contributed by atoms with E-state index in [1.807, 2.05) is 38.1 Å². The molecule has 1 aromatic heterocycles. The Bertz CT molecular complexity index is 952. The number of aromatic nitrogens is 1. The van der Waals surface area contributed by atoms with Crippen molar-refractivity contribution in [3.8, 4) is 11.5 Å². The number of hydrogen-bond acceptors (Lipinski definition) is 6. The molecule has 1 atom stereocenters. The van der Waals surface area contributed by atoms with Crippen LogP contribution < -0.4 is 9.47 Å². The molecule has 7 heteroatoms. The summed E-state index contributed by atoms with van der Waals surface area (Å²) in [5.74, 6) is 0.706. The highest BCUT2D eigenvalue weighted by Crippen LogP contribution is 2.30. The van der Waals surface area contributed by atoms with Crippen molar-refractivity contribution in [2.45, 2.75) is 19.9 Å². The Labute approximate surface area is 167 Å². The van der Waals surface area contributed by atoms with Crippen molar-refractivity contribution in [1.29, 1.82) is 0 Å². The van der Waals surface area contributed by atoms with Crippen molar-refractivity contribution in [3.63, 3.8) is 0 Å². The molecule has 0 saturated carbocycles. The normalized spacial score (nSPS) is 11.8. The van der Waals surface area contributed by atoms with Gasteiger partial charge in [0.05, 0.1) is 22.9 Å². The van der Waals surface area contributed by atoms with E-state index in [2.05, 4.69) is 4.98 Å². The lowest BCUT2D eigenvalue weighted by molar-refractivity contribution is -0.134. The number of carbonyl (C=O) groups excluding carboxylic acids is 2. The maximum absolute atomic E-state index is 12.6. The van der Waals surface area contributed by atoms with Crippen LogP contribution in [0.15, 0.2) is 42.5 Å². The molecule has 3 rings (SSSR count). The molecule has 0 aliphatic heterocycles. The number of fused-ring (bicyclic) bond motifs is 1. The summed E-state index contributed by atoms with van der Waals surface area (Å²) in [7, 11) is 1.74. The second kappa shape index (κ2) is 8.84. The van der Waals surface area contributed by atoms with Gasteiger partial charge in [0.15, 0.2) is 18.1 Å². The minimum absolute atomic E-state index is 0.133. The van der Waals surface area contributed by atoms with Crippen molar-refractivity contribution in [2.75, 3.05) is 20.3 Å². The molecule has 0 radical (unpaired) electrons. The number of amides is 1. The van der Waals surface area contributed by atoms with Gasteiger partial charge in [-0.05, 0) is 44.2 Å². The van der Waals surface area contributed by atoms with Crippen LogP contribution in [-0.4, -0.2) is 42.3 Å². The summed E-state index contributed by atoms with van der Waals surface area (Å²) in [4.78, 5) is 29.8. The maximum atomic E-state index is 12.6. The van der Waals surface area contributed by atoms with E-state index in [9.17, 15) is 9.59 Å². The number of thiazole rings is 1. The lowest BCUT2D eigenvalue weighted by Crippen LogP contribution is -2.33. The molecule has 1 amide bonds. The predicted octanol–water partition coefficient (Wildman–Crippen LogP) is 4.11. The molecule has 3 aromatic rings. The van der Waals surface area contributed by atoms with Crippen molar-refractivity contribution < 1.29 is 19.1 Å². The summed E-state index contributed by atoms with van der Waals surface area (Å²) < 4.78 is 12.3. The van der Waals surface area contributed by atoms with E-state index in [1.165, 1.54) is 0 Å². The molecule has 6 nitrogen and oxygen atoms in total. The van der Waals surface area contributed by atoms with Crippen LogP contribution in [0.4, 0.5) is 0 Å². The van der Waals surface area contributed by atoms with Gasteiger partial charge in [-0.15, -0.1) is 11.3 Å². The molecule has 0 aliphatic carbocycles. The first-order valence-corrected chi connectivity index (χ1v) is 9.81. The van der Waals surface area contributed by atoms with E-state index in [-0.39, 0.29) is 18.6 Å². The lowest BCUT2D eigenvalue weighted by atomic mass is 10.2. The SMILES string of the molecule is CCOc1cc(C=O)ccc1OCC(=O)N(C)[C@H](C)c1nc2ccccc2s1. The number of aldehydes is 1. The lowest BCUT2D eigenvalue weighted by Gasteiger charge is -2.23. The molecule has 0 bridgehead atoms. The zero-order chi connectivity index (χ0) is 20.1. The smallest absolute Gasteiger partial charge is 0.260 e. The van der Waals surface area contributed by atoms with Gasteiger partial charge in [0.1, 0.15) is 11.3 Å². The Kier molecular flexibility index (Phi) is 6.26. The van der Waals surface area contributed by atoms with Crippen molar-refractivity contribution >= 4 is 33.7 Å². The molecule has 28 heavy (non-hydrogen) atoms. The zero-order valence-corrected chi connectivity index (χ0v) is 16.9. The molecular formula is C21H22N2O4S. The van der Waals surface area contributed by atoms with E-state index >= 15 is 0 Å². The highest BCUT2D eigenvalue weighted by molar-refractivity contribution is 7.18. The Balaban J connectivity index is 1.67. The summed E-state index contributed by atoms with van der Waals surface area (Å²) in [6.07, 6.45) is 0.741. The van der Waals surface area contributed by atoms with E-state index in [1.54, 1.807) is 41.5 Å². The quantitative estimate of drug-likeness (QED) is 0.534. The fraction of sp³-hybridized carbons (Fsp3) is 0.286. The fourth-order valence-corrected chi connectivity index (χ4v) is 3.74. The predicted molar refractivity (Wildman–Crippen MR) is 109 cm³/mol. The van der Waals surface area contributed by atoms with Crippen LogP contribution in [0.3, 0.4) is 0 Å². The minimum Gasteiger partial charge on any atom is -0.490 e. The fourth-order valence-electron chi connectivity index (χ4n) is 2.68. The maximum Gasteiger partial charge on any atom is 0.260 e. The standard InChI is InChI=1S/C21H22N2O4S/c1-4-26-18-11-15(12-24)9-10-17(18)27-13-20(25)23(3)14(2)21-22-16-7-5-6-8-19(16)28-21/h5-12,14H,4,13H2,1-3H3/t14-/m1/s1. The van der Waals surface area contributed by atoms with Crippen molar-refractivity contribution in [2.24, 2.45) is 0 Å². The molecule has 0 spiro atoms. The van der Waals surface area contributed by atoms with E-state index in [4.69, 9.17) is 9.47 Å². The molecule has 0 unspecified atom stereocenters. The summed E-state index contributed by atoms with van der Waals surface area (Å²) in [6.45, 7) is 4.09. The first-order valence-electron chi connectivity index (χ1n) is 8.99. The number of nitrogens with zero attached hydrogens (tertiary/aromatic N) is 2. The first-order chi connectivity index (χ1) is 13.5. The van der Waals surface area contributed by atoms with Gasteiger partial charge < -0.3 is 14.4 Å². The second-order valence-corrected chi connectivity index (χ2v) is 7.31. The van der Waals surface area contributed by atoms with Gasteiger partial charge in [0.2, 0.25) is 0 Å². The first kappa shape index (κ1) is 19.8. The van der Waals surface area contributed by atoms with Crippen LogP contribution in [0.2, 0.25) is 0 Å². The number of benzene rings is 2. The number of hydrogen-bond donors (Lipinski definition) is 0. The molecule has 146 valence electrons. The number of likely N-dealkylation sites (N-methyl/N-ethyl adjacent to an activating group) is 1. The third-order valence-corrected chi connectivity index (χ3v) is 5.60. The Morgan fingerprint density at radius 1 is 1.21 bits per heavy atom. The van der Waals surface area contributed by atoms with Gasteiger partial charge in [-0.3, -0.25) is 9.59 Å². The third kappa shape index (κ3) is 4.31. The summed E-state index contributed by atoms with van der Waals surface area (Å²) >= 11 is 1.58. The van der Waals surface area contributed by atoms with Crippen molar-refractivity contribution in [1.82, 2.24) is 9.88 Å². The Morgan fingerprint density at radius 3 is 2.71 bits per heavy atom. The van der Waals surface area contributed by atoms with E-state index < -0.39 is 0 Å². The van der Waals surface area contributed by atoms with Crippen molar-refractivity contribution in [3.05, 3.63) is 53.0 Å². The minimum atomic E-state index is -0.173. The summed E-state index contributed by atoms with van der Waals surface area (Å²) in [6, 6.07) is 12.6. The van der Waals surface area contributed by atoms with Gasteiger partial charge in [0, 0.05) is 12.6 Å². The topological polar surface area (TPSA) is 68.7 Å². The second-order valence-electron chi connectivity index (χ2n) is 6.25. The van der Waals surface area contributed by atoms with Gasteiger partial charge in [-0.2, -0.15) is 0 Å². The average Bonchev–Trinajstić information content (AvgIpc) is 3.15. The highest BCUT2D eigenvalue weighted by atomic mass is 32.1. The average molecular weight is 398 g/mol. The van der Waals surface area contributed by atoms with E-state index in [0.29, 0.717) is 23.7 Å². The number of rotatable bonds is 8. The van der Waals surface area contributed by atoms with Gasteiger partial charge in [-0.25, -0.2) is 4.98 Å². The van der Waals surface area contributed by atoms with Crippen LogP contribution in [0.1, 0.15) is 35.3 Å². The molecule has 2 aromatic carbocycles.